The van der Waals surface area contributed by atoms with E-state index in [4.69, 9.17) is 0 Å². The van der Waals surface area contributed by atoms with Gasteiger partial charge in [0.15, 0.2) is 0 Å². The van der Waals surface area contributed by atoms with E-state index < -0.39 is 0 Å². The van der Waals surface area contributed by atoms with Crippen molar-refractivity contribution in [2.24, 2.45) is 17.3 Å². The van der Waals surface area contributed by atoms with E-state index in [0.717, 1.165) is 25.7 Å². The highest BCUT2D eigenvalue weighted by atomic mass is 16.1. The lowest BCUT2D eigenvalue weighted by Gasteiger charge is -2.37. The van der Waals surface area contributed by atoms with Crippen LogP contribution in [0, 0.1) is 17.3 Å². The number of carbonyl (C=O) groups is 1. The minimum atomic E-state index is 0.201. The molecule has 1 fully saturated rings. The standard InChI is InChI=1S/C16H23NO/c1-16(2,3)14-6-7-15(18)13(10-14)9-12-5-4-8-17-11-12/h4-5,8,11,13-14H,6-7,9-10H2,1-3H3. The molecule has 1 aliphatic carbocycles. The molecule has 0 bridgehead atoms. The lowest BCUT2D eigenvalue weighted by molar-refractivity contribution is -0.126. The summed E-state index contributed by atoms with van der Waals surface area (Å²) in [6.07, 6.45) is 7.38. The number of pyridine rings is 1. The lowest BCUT2D eigenvalue weighted by atomic mass is 9.68. The summed E-state index contributed by atoms with van der Waals surface area (Å²) >= 11 is 0. The molecule has 0 aliphatic heterocycles. The molecule has 2 unspecified atom stereocenters. The van der Waals surface area contributed by atoms with Crippen LogP contribution in [0.3, 0.4) is 0 Å². The van der Waals surface area contributed by atoms with Crippen molar-refractivity contribution in [2.45, 2.75) is 46.5 Å². The van der Waals surface area contributed by atoms with E-state index in [1.165, 1.54) is 5.56 Å². The number of hydrogen-bond donors (Lipinski definition) is 0. The van der Waals surface area contributed by atoms with Gasteiger partial charge in [-0.05, 0) is 42.2 Å². The third-order valence-corrected chi connectivity index (χ3v) is 4.19. The molecule has 1 aromatic heterocycles. The summed E-state index contributed by atoms with van der Waals surface area (Å²) < 4.78 is 0. The molecule has 98 valence electrons. The third kappa shape index (κ3) is 3.18. The first kappa shape index (κ1) is 13.3. The highest BCUT2D eigenvalue weighted by Gasteiger charge is 2.34. The summed E-state index contributed by atoms with van der Waals surface area (Å²) in [5, 5.41) is 0. The second-order valence-electron chi connectivity index (χ2n) is 6.57. The Labute approximate surface area is 110 Å². The minimum absolute atomic E-state index is 0.201. The summed E-state index contributed by atoms with van der Waals surface area (Å²) in [6, 6.07) is 4.02. The van der Waals surface area contributed by atoms with Crippen molar-refractivity contribution < 1.29 is 4.79 Å². The van der Waals surface area contributed by atoms with Gasteiger partial charge in [0.1, 0.15) is 5.78 Å². The van der Waals surface area contributed by atoms with Crippen LogP contribution in [0.15, 0.2) is 24.5 Å². The molecule has 0 aromatic carbocycles. The molecule has 1 aromatic rings. The van der Waals surface area contributed by atoms with E-state index in [9.17, 15) is 4.79 Å². The number of nitrogens with zero attached hydrogens (tertiary/aromatic N) is 1. The van der Waals surface area contributed by atoms with Gasteiger partial charge in [-0.3, -0.25) is 9.78 Å². The molecule has 1 heterocycles. The fourth-order valence-corrected chi connectivity index (χ4v) is 2.90. The highest BCUT2D eigenvalue weighted by Crippen LogP contribution is 2.39. The molecule has 2 heteroatoms. The SMILES string of the molecule is CC(C)(C)C1CCC(=O)C(Cc2cccnc2)C1. The van der Waals surface area contributed by atoms with Gasteiger partial charge in [-0.15, -0.1) is 0 Å². The van der Waals surface area contributed by atoms with E-state index in [2.05, 4.69) is 31.8 Å². The van der Waals surface area contributed by atoms with Gasteiger partial charge in [0.2, 0.25) is 0 Å². The van der Waals surface area contributed by atoms with Crippen molar-refractivity contribution in [3.63, 3.8) is 0 Å². The molecular formula is C16H23NO. The van der Waals surface area contributed by atoms with Crippen LogP contribution in [0.1, 0.15) is 45.6 Å². The first-order chi connectivity index (χ1) is 8.47. The number of ketones is 1. The number of Topliss-reactive ketones (excluding diaryl/α,β-unsaturated/α-hetero) is 1. The van der Waals surface area contributed by atoms with Gasteiger partial charge in [-0.1, -0.05) is 26.8 Å². The van der Waals surface area contributed by atoms with Crippen molar-refractivity contribution in [1.82, 2.24) is 4.98 Å². The maximum atomic E-state index is 12.1. The number of hydrogen-bond acceptors (Lipinski definition) is 2. The zero-order chi connectivity index (χ0) is 13.2. The molecule has 2 nitrogen and oxygen atoms in total. The van der Waals surface area contributed by atoms with Crippen LogP contribution >= 0.6 is 0 Å². The minimum Gasteiger partial charge on any atom is -0.299 e. The first-order valence-corrected chi connectivity index (χ1v) is 6.88. The van der Waals surface area contributed by atoms with Crippen molar-refractivity contribution in [1.29, 1.82) is 0 Å². The monoisotopic (exact) mass is 245 g/mol. The van der Waals surface area contributed by atoms with E-state index in [1.807, 2.05) is 12.3 Å². The number of aromatic nitrogens is 1. The predicted octanol–water partition coefficient (Wildman–Crippen LogP) is 3.66. The molecule has 1 saturated carbocycles. The van der Waals surface area contributed by atoms with Crippen LogP contribution in [0.4, 0.5) is 0 Å². The van der Waals surface area contributed by atoms with Gasteiger partial charge in [-0.2, -0.15) is 0 Å². The Balaban J connectivity index is 2.05. The van der Waals surface area contributed by atoms with Crippen molar-refractivity contribution in [3.05, 3.63) is 30.1 Å². The summed E-state index contributed by atoms with van der Waals surface area (Å²) in [5.41, 5.74) is 1.50. The summed E-state index contributed by atoms with van der Waals surface area (Å²) in [7, 11) is 0. The maximum Gasteiger partial charge on any atom is 0.136 e. The molecule has 0 amide bonds. The maximum absolute atomic E-state index is 12.1. The van der Waals surface area contributed by atoms with Crippen LogP contribution < -0.4 is 0 Å². The molecule has 0 spiro atoms. The molecule has 2 rings (SSSR count). The topological polar surface area (TPSA) is 30.0 Å². The second-order valence-corrected chi connectivity index (χ2v) is 6.57. The highest BCUT2D eigenvalue weighted by molar-refractivity contribution is 5.82. The van der Waals surface area contributed by atoms with Gasteiger partial charge in [0.25, 0.3) is 0 Å². The molecule has 0 N–H and O–H groups in total. The van der Waals surface area contributed by atoms with Crippen LogP contribution in [0.2, 0.25) is 0 Å². The zero-order valence-electron chi connectivity index (χ0n) is 11.6. The van der Waals surface area contributed by atoms with Crippen LogP contribution in [-0.2, 0) is 11.2 Å². The Kier molecular flexibility index (Phi) is 3.84. The van der Waals surface area contributed by atoms with E-state index >= 15 is 0 Å². The van der Waals surface area contributed by atoms with Crippen LogP contribution in [0.5, 0.6) is 0 Å². The fourth-order valence-electron chi connectivity index (χ4n) is 2.90. The largest absolute Gasteiger partial charge is 0.299 e. The normalized spacial score (nSPS) is 25.2. The van der Waals surface area contributed by atoms with Crippen molar-refractivity contribution in [3.8, 4) is 0 Å². The number of carbonyl (C=O) groups excluding carboxylic acids is 1. The van der Waals surface area contributed by atoms with Crippen molar-refractivity contribution >= 4 is 5.78 Å². The second kappa shape index (κ2) is 5.21. The van der Waals surface area contributed by atoms with Crippen LogP contribution in [0.25, 0.3) is 0 Å². The summed E-state index contributed by atoms with van der Waals surface area (Å²) in [4.78, 5) is 16.2. The average molecular weight is 245 g/mol. The average Bonchev–Trinajstić information content (AvgIpc) is 2.32. The Morgan fingerprint density at radius 1 is 1.39 bits per heavy atom. The molecule has 0 saturated heterocycles. The van der Waals surface area contributed by atoms with Gasteiger partial charge in [0, 0.05) is 24.7 Å². The van der Waals surface area contributed by atoms with E-state index in [1.54, 1.807) is 6.20 Å². The van der Waals surface area contributed by atoms with Gasteiger partial charge in [0.05, 0.1) is 0 Å². The Morgan fingerprint density at radius 3 is 2.78 bits per heavy atom. The first-order valence-electron chi connectivity index (χ1n) is 6.88. The lowest BCUT2D eigenvalue weighted by Crippen LogP contribution is -2.33. The molecule has 18 heavy (non-hydrogen) atoms. The molecular weight excluding hydrogens is 222 g/mol. The van der Waals surface area contributed by atoms with E-state index in [-0.39, 0.29) is 5.92 Å². The van der Waals surface area contributed by atoms with Gasteiger partial charge >= 0.3 is 0 Å². The molecule has 1 aliphatic rings. The summed E-state index contributed by atoms with van der Waals surface area (Å²) in [6.45, 7) is 6.86. The molecule has 0 radical (unpaired) electrons. The quantitative estimate of drug-likeness (QED) is 0.796. The predicted molar refractivity (Wildman–Crippen MR) is 73.2 cm³/mol. The number of rotatable bonds is 2. The molecule has 2 atom stereocenters. The Morgan fingerprint density at radius 2 is 2.17 bits per heavy atom. The van der Waals surface area contributed by atoms with Crippen LogP contribution in [-0.4, -0.2) is 10.8 Å². The van der Waals surface area contributed by atoms with Crippen molar-refractivity contribution in [2.75, 3.05) is 0 Å². The van der Waals surface area contributed by atoms with Gasteiger partial charge < -0.3 is 0 Å². The van der Waals surface area contributed by atoms with E-state index in [0.29, 0.717) is 17.1 Å². The zero-order valence-corrected chi connectivity index (χ0v) is 11.6. The summed E-state index contributed by atoms with van der Waals surface area (Å²) in [5.74, 6) is 1.31. The Hall–Kier alpha value is -1.18. The van der Waals surface area contributed by atoms with Gasteiger partial charge in [-0.25, -0.2) is 0 Å². The Bertz CT molecular complexity index is 405. The fraction of sp³-hybridized carbons (Fsp3) is 0.625. The smallest absolute Gasteiger partial charge is 0.136 e. The third-order valence-electron chi connectivity index (χ3n) is 4.19.